The zero-order chi connectivity index (χ0) is 26.9. The summed E-state index contributed by atoms with van der Waals surface area (Å²) < 4.78 is 11.2. The van der Waals surface area contributed by atoms with Gasteiger partial charge in [0.25, 0.3) is 11.7 Å². The number of carbonyl (C=O) groups excluding carboxylic acids is 2. The molecule has 8 heteroatoms. The van der Waals surface area contributed by atoms with E-state index in [0.717, 1.165) is 5.69 Å². The maximum absolute atomic E-state index is 13.4. The number of methoxy groups -OCH3 is 1. The van der Waals surface area contributed by atoms with E-state index in [1.165, 1.54) is 18.1 Å². The highest BCUT2D eigenvalue weighted by Gasteiger charge is 2.47. The number of nitrogens with zero attached hydrogens (tertiary/aromatic N) is 2. The minimum atomic E-state index is -0.886. The summed E-state index contributed by atoms with van der Waals surface area (Å²) in [4.78, 5) is 30.2. The molecule has 0 aliphatic carbocycles. The Morgan fingerprint density at radius 3 is 2.35 bits per heavy atom. The van der Waals surface area contributed by atoms with E-state index in [9.17, 15) is 14.7 Å². The SMILES string of the molecule is COc1cc(/C(O)=C2/C(=O)C(=O)N(c3ccc(N(C)C)cc3)C2c2cccc(OC(C)C)c2)ccc1Cl. The molecule has 1 aliphatic rings. The molecule has 0 aromatic heterocycles. The molecule has 3 aromatic carbocycles. The normalized spacial score (nSPS) is 16.8. The second-order valence-corrected chi connectivity index (χ2v) is 9.58. The number of rotatable bonds is 7. The van der Waals surface area contributed by atoms with Crippen molar-refractivity contribution in [3.05, 3.63) is 88.5 Å². The molecular formula is C29H29ClN2O5. The second kappa shape index (κ2) is 10.6. The predicted molar refractivity (Wildman–Crippen MR) is 146 cm³/mol. The average Bonchev–Trinajstić information content (AvgIpc) is 3.14. The van der Waals surface area contributed by atoms with Crippen LogP contribution in [0, 0.1) is 0 Å². The summed E-state index contributed by atoms with van der Waals surface area (Å²) in [7, 11) is 5.30. The first-order valence-corrected chi connectivity index (χ1v) is 12.2. The lowest BCUT2D eigenvalue weighted by Crippen LogP contribution is -2.29. The molecule has 7 nitrogen and oxygen atoms in total. The molecule has 1 heterocycles. The molecule has 1 fully saturated rings. The lowest BCUT2D eigenvalue weighted by Gasteiger charge is -2.26. The van der Waals surface area contributed by atoms with Gasteiger partial charge in [0.2, 0.25) is 0 Å². The first-order chi connectivity index (χ1) is 17.6. The molecule has 0 bridgehead atoms. The van der Waals surface area contributed by atoms with Crippen LogP contribution in [-0.4, -0.2) is 44.1 Å². The number of halogens is 1. The van der Waals surface area contributed by atoms with Gasteiger partial charge in [-0.3, -0.25) is 14.5 Å². The molecule has 0 spiro atoms. The number of anilines is 2. The van der Waals surface area contributed by atoms with Gasteiger partial charge in [0.15, 0.2) is 0 Å². The molecule has 1 amide bonds. The van der Waals surface area contributed by atoms with E-state index in [1.807, 2.05) is 51.0 Å². The highest BCUT2D eigenvalue weighted by molar-refractivity contribution is 6.51. The van der Waals surface area contributed by atoms with Gasteiger partial charge in [-0.05, 0) is 74.0 Å². The molecule has 1 N–H and O–H groups in total. The van der Waals surface area contributed by atoms with Gasteiger partial charge >= 0.3 is 0 Å². The van der Waals surface area contributed by atoms with E-state index >= 15 is 0 Å². The quantitative estimate of drug-likeness (QED) is 0.240. The largest absolute Gasteiger partial charge is 0.507 e. The molecule has 1 saturated heterocycles. The smallest absolute Gasteiger partial charge is 0.300 e. The topological polar surface area (TPSA) is 79.3 Å². The van der Waals surface area contributed by atoms with Gasteiger partial charge in [-0.2, -0.15) is 0 Å². The third kappa shape index (κ3) is 5.13. The van der Waals surface area contributed by atoms with Crippen LogP contribution in [0.2, 0.25) is 5.02 Å². The monoisotopic (exact) mass is 520 g/mol. The summed E-state index contributed by atoms with van der Waals surface area (Å²) in [5.41, 5.74) is 2.36. The van der Waals surface area contributed by atoms with Crippen LogP contribution in [0.4, 0.5) is 11.4 Å². The highest BCUT2D eigenvalue weighted by Crippen LogP contribution is 2.43. The lowest BCUT2D eigenvalue weighted by molar-refractivity contribution is -0.132. The first-order valence-electron chi connectivity index (χ1n) is 11.8. The van der Waals surface area contributed by atoms with Crippen molar-refractivity contribution in [3.63, 3.8) is 0 Å². The van der Waals surface area contributed by atoms with Gasteiger partial charge in [-0.15, -0.1) is 0 Å². The van der Waals surface area contributed by atoms with Crippen LogP contribution >= 0.6 is 11.6 Å². The molecule has 192 valence electrons. The summed E-state index contributed by atoms with van der Waals surface area (Å²) in [6.45, 7) is 3.83. The van der Waals surface area contributed by atoms with Crippen LogP contribution in [-0.2, 0) is 9.59 Å². The van der Waals surface area contributed by atoms with E-state index < -0.39 is 17.7 Å². The van der Waals surface area contributed by atoms with Crippen LogP contribution in [0.15, 0.2) is 72.3 Å². The van der Waals surface area contributed by atoms with Crippen LogP contribution in [0.3, 0.4) is 0 Å². The minimum absolute atomic E-state index is 0.0345. The lowest BCUT2D eigenvalue weighted by atomic mass is 9.95. The zero-order valence-electron chi connectivity index (χ0n) is 21.4. The minimum Gasteiger partial charge on any atom is -0.507 e. The Balaban J connectivity index is 1.92. The Kier molecular flexibility index (Phi) is 7.45. The highest BCUT2D eigenvalue weighted by atomic mass is 35.5. The number of benzene rings is 3. The molecule has 37 heavy (non-hydrogen) atoms. The zero-order valence-corrected chi connectivity index (χ0v) is 22.1. The maximum Gasteiger partial charge on any atom is 0.300 e. The number of aliphatic hydroxyl groups excluding tert-OH is 1. The van der Waals surface area contributed by atoms with Crippen molar-refractivity contribution in [1.29, 1.82) is 0 Å². The van der Waals surface area contributed by atoms with Gasteiger partial charge in [0.1, 0.15) is 17.3 Å². The van der Waals surface area contributed by atoms with E-state index in [1.54, 1.807) is 42.5 Å². The van der Waals surface area contributed by atoms with Crippen LogP contribution < -0.4 is 19.3 Å². The van der Waals surface area contributed by atoms with Crippen LogP contribution in [0.5, 0.6) is 11.5 Å². The van der Waals surface area contributed by atoms with E-state index in [4.69, 9.17) is 21.1 Å². The van der Waals surface area contributed by atoms with Gasteiger partial charge in [0, 0.05) is 31.0 Å². The third-order valence-electron chi connectivity index (χ3n) is 6.06. The third-order valence-corrected chi connectivity index (χ3v) is 6.37. The Morgan fingerprint density at radius 1 is 1.03 bits per heavy atom. The molecular weight excluding hydrogens is 492 g/mol. The molecule has 1 unspecified atom stereocenters. The van der Waals surface area contributed by atoms with Gasteiger partial charge in [-0.1, -0.05) is 23.7 Å². The summed E-state index contributed by atoms with van der Waals surface area (Å²) in [5.74, 6) is -0.915. The number of hydrogen-bond donors (Lipinski definition) is 1. The standard InChI is InChI=1S/C29H29ClN2O5/c1-17(2)37-22-8-6-7-18(15-22)26-25(27(33)19-9-14-23(30)24(16-19)36-5)28(34)29(35)32(26)21-12-10-20(11-13-21)31(3)4/h6-17,26,33H,1-5H3/b27-25-. The Hall–Kier alpha value is -3.97. The van der Waals surface area contributed by atoms with Gasteiger partial charge in [-0.25, -0.2) is 0 Å². The fourth-order valence-electron chi connectivity index (χ4n) is 4.32. The molecule has 1 aliphatic heterocycles. The van der Waals surface area contributed by atoms with Crippen LogP contribution in [0.1, 0.15) is 31.0 Å². The number of ketones is 1. The Morgan fingerprint density at radius 2 is 1.73 bits per heavy atom. The molecule has 1 atom stereocenters. The van der Waals surface area contributed by atoms with Crippen molar-refractivity contribution in [3.8, 4) is 11.5 Å². The number of Topliss-reactive ketones (excluding diaryl/α,β-unsaturated/α-hetero) is 1. The summed E-state index contributed by atoms with van der Waals surface area (Å²) in [6.07, 6.45) is -0.0679. The number of aliphatic hydroxyl groups is 1. The molecule has 0 saturated carbocycles. The summed E-state index contributed by atoms with van der Waals surface area (Å²) in [5, 5.41) is 11.7. The van der Waals surface area contributed by atoms with Crippen molar-refractivity contribution in [2.24, 2.45) is 0 Å². The molecule has 0 radical (unpaired) electrons. The van der Waals surface area contributed by atoms with Crippen molar-refractivity contribution in [2.45, 2.75) is 26.0 Å². The first kappa shape index (κ1) is 26.1. The van der Waals surface area contributed by atoms with E-state index in [-0.39, 0.29) is 17.4 Å². The predicted octanol–water partition coefficient (Wildman–Crippen LogP) is 5.83. The van der Waals surface area contributed by atoms with Crippen LogP contribution in [0.25, 0.3) is 5.76 Å². The number of ether oxygens (including phenoxy) is 2. The van der Waals surface area contributed by atoms with Gasteiger partial charge < -0.3 is 19.5 Å². The molecule has 3 aromatic rings. The summed E-state index contributed by atoms with van der Waals surface area (Å²) in [6, 6.07) is 18.3. The second-order valence-electron chi connectivity index (χ2n) is 9.17. The number of hydrogen-bond acceptors (Lipinski definition) is 6. The van der Waals surface area contributed by atoms with Crippen molar-refractivity contribution in [1.82, 2.24) is 0 Å². The van der Waals surface area contributed by atoms with Crippen molar-refractivity contribution >= 4 is 40.4 Å². The van der Waals surface area contributed by atoms with Gasteiger partial charge in [0.05, 0.1) is 29.9 Å². The summed E-state index contributed by atoms with van der Waals surface area (Å²) >= 11 is 6.16. The fraction of sp³-hybridized carbons (Fsp3) is 0.241. The van der Waals surface area contributed by atoms with Crippen molar-refractivity contribution in [2.75, 3.05) is 31.0 Å². The Bertz CT molecular complexity index is 1360. The number of amides is 1. The average molecular weight is 521 g/mol. The Labute approximate surface area is 221 Å². The van der Waals surface area contributed by atoms with E-state index in [0.29, 0.717) is 33.3 Å². The fourth-order valence-corrected chi connectivity index (χ4v) is 4.51. The van der Waals surface area contributed by atoms with E-state index in [2.05, 4.69) is 0 Å². The number of carbonyl (C=O) groups is 2. The van der Waals surface area contributed by atoms with Crippen molar-refractivity contribution < 1.29 is 24.2 Å². The maximum atomic E-state index is 13.4. The molecule has 4 rings (SSSR count).